The molecular formula is C15H21F3N3O5+. The average molecular weight is 380 g/mol. The summed E-state index contributed by atoms with van der Waals surface area (Å²) in [5.41, 5.74) is 0.400. The third kappa shape index (κ3) is 11.0. The van der Waals surface area contributed by atoms with Crippen molar-refractivity contribution in [2.24, 2.45) is 0 Å². The molecule has 0 saturated heterocycles. The van der Waals surface area contributed by atoms with Crippen molar-refractivity contribution in [1.29, 1.82) is 0 Å². The lowest BCUT2D eigenvalue weighted by Gasteiger charge is -2.05. The molecule has 1 unspecified atom stereocenters. The monoisotopic (exact) mass is 380 g/mol. The summed E-state index contributed by atoms with van der Waals surface area (Å²) in [6, 6.07) is 1.58. The Bertz CT molecular complexity index is 604. The maximum Gasteiger partial charge on any atom is 0.448 e. The van der Waals surface area contributed by atoms with Gasteiger partial charge < -0.3 is 20.6 Å². The Labute approximate surface area is 147 Å². The van der Waals surface area contributed by atoms with Crippen molar-refractivity contribution in [3.63, 3.8) is 0 Å². The molecule has 0 bridgehead atoms. The number of hydrogen-bond acceptors (Lipinski definition) is 5. The van der Waals surface area contributed by atoms with E-state index in [-0.39, 0.29) is 18.9 Å². The molecule has 8 nitrogen and oxygen atoms in total. The van der Waals surface area contributed by atoms with Gasteiger partial charge in [-0.25, -0.2) is 0 Å². The number of rotatable bonds is 7. The highest BCUT2D eigenvalue weighted by Gasteiger charge is 2.31. The first-order chi connectivity index (χ1) is 11.9. The summed E-state index contributed by atoms with van der Waals surface area (Å²) in [5.74, 6) is -2.92. The summed E-state index contributed by atoms with van der Waals surface area (Å²) >= 11 is 0. The van der Waals surface area contributed by atoms with Gasteiger partial charge in [-0.2, -0.15) is 13.2 Å². The third-order valence-electron chi connectivity index (χ3n) is 2.76. The lowest BCUT2D eigenvalue weighted by molar-refractivity contribution is -0.753. The van der Waals surface area contributed by atoms with Gasteiger partial charge in [-0.1, -0.05) is 11.3 Å². The highest BCUT2D eigenvalue weighted by molar-refractivity contribution is 5.93. The second-order valence-corrected chi connectivity index (χ2v) is 5.16. The van der Waals surface area contributed by atoms with Crippen LogP contribution < -0.4 is 10.00 Å². The van der Waals surface area contributed by atoms with Crippen molar-refractivity contribution in [3.05, 3.63) is 36.4 Å². The van der Waals surface area contributed by atoms with E-state index >= 15 is 0 Å². The summed E-state index contributed by atoms with van der Waals surface area (Å²) in [7, 11) is 0. The SMILES string of the molecule is C=C(O)C(F)(F)F.CC(O)CCNC(=O)c1cc[n+](CCC(=O)O)nc1. The number of aliphatic hydroxyl groups excluding tert-OH is 2. The third-order valence-corrected chi connectivity index (χ3v) is 2.76. The summed E-state index contributed by atoms with van der Waals surface area (Å²) in [6.45, 7) is 4.57. The molecule has 146 valence electrons. The molecule has 1 aromatic heterocycles. The van der Waals surface area contributed by atoms with Gasteiger partial charge in [-0.15, -0.1) is 0 Å². The van der Waals surface area contributed by atoms with E-state index in [0.717, 1.165) is 0 Å². The van der Waals surface area contributed by atoms with E-state index in [1.54, 1.807) is 19.2 Å². The number of carboxylic acids is 1. The summed E-state index contributed by atoms with van der Waals surface area (Å²) in [5, 5.41) is 31.8. The Hall–Kier alpha value is -2.69. The van der Waals surface area contributed by atoms with Crippen LogP contribution in [-0.4, -0.2) is 51.1 Å². The number of carboxylic acid groups (broad SMARTS) is 1. The Kier molecular flexibility index (Phi) is 9.89. The molecule has 11 heteroatoms. The number of nitrogens with one attached hydrogen (secondary N) is 1. The number of hydrogen-bond donors (Lipinski definition) is 4. The molecule has 0 saturated carbocycles. The maximum absolute atomic E-state index is 11.7. The van der Waals surface area contributed by atoms with Crippen LogP contribution in [0.3, 0.4) is 0 Å². The van der Waals surface area contributed by atoms with Crippen LogP contribution in [0.25, 0.3) is 0 Å². The van der Waals surface area contributed by atoms with E-state index in [9.17, 15) is 22.8 Å². The first kappa shape index (κ1) is 23.3. The van der Waals surface area contributed by atoms with E-state index in [4.69, 9.17) is 15.3 Å². The zero-order valence-electron chi connectivity index (χ0n) is 14.0. The second-order valence-electron chi connectivity index (χ2n) is 5.16. The molecule has 0 spiro atoms. The van der Waals surface area contributed by atoms with Crippen LogP contribution in [0, 0.1) is 0 Å². The van der Waals surface area contributed by atoms with Crippen molar-refractivity contribution < 1.29 is 42.8 Å². The number of aryl methyl sites for hydroxylation is 1. The van der Waals surface area contributed by atoms with Crippen LogP contribution in [0.4, 0.5) is 13.2 Å². The lowest BCUT2D eigenvalue weighted by atomic mass is 10.2. The molecule has 0 aliphatic heterocycles. The second kappa shape index (κ2) is 11.0. The molecule has 0 fully saturated rings. The number of aromatic nitrogens is 2. The van der Waals surface area contributed by atoms with Gasteiger partial charge in [0, 0.05) is 12.6 Å². The largest absolute Gasteiger partial charge is 0.505 e. The van der Waals surface area contributed by atoms with Crippen LogP contribution >= 0.6 is 0 Å². The van der Waals surface area contributed by atoms with Crippen molar-refractivity contribution in [1.82, 2.24) is 10.4 Å². The number of aliphatic hydroxyl groups is 2. The normalized spacial score (nSPS) is 11.7. The highest BCUT2D eigenvalue weighted by atomic mass is 19.4. The van der Waals surface area contributed by atoms with Crippen molar-refractivity contribution in [3.8, 4) is 0 Å². The zero-order valence-corrected chi connectivity index (χ0v) is 14.0. The number of amides is 1. The fourth-order valence-corrected chi connectivity index (χ4v) is 1.36. The minimum Gasteiger partial charge on any atom is -0.505 e. The van der Waals surface area contributed by atoms with E-state index in [2.05, 4.69) is 17.0 Å². The first-order valence-electron chi connectivity index (χ1n) is 7.42. The number of carbonyl (C=O) groups excluding carboxylic acids is 1. The highest BCUT2D eigenvalue weighted by Crippen LogP contribution is 2.20. The van der Waals surface area contributed by atoms with Crippen LogP contribution in [0.5, 0.6) is 0 Å². The minimum absolute atomic E-state index is 0.0163. The van der Waals surface area contributed by atoms with Gasteiger partial charge in [0.15, 0.2) is 18.5 Å². The summed E-state index contributed by atoms with van der Waals surface area (Å²) < 4.78 is 33.9. The predicted octanol–water partition coefficient (Wildman–Crippen LogP) is 0.965. The minimum atomic E-state index is -4.64. The van der Waals surface area contributed by atoms with Crippen LogP contribution in [0.2, 0.25) is 0 Å². The Morgan fingerprint density at radius 1 is 1.38 bits per heavy atom. The molecule has 0 aromatic carbocycles. The molecule has 1 rings (SSSR count). The molecule has 1 atom stereocenters. The number of carbonyl (C=O) groups is 2. The van der Waals surface area contributed by atoms with Gasteiger partial charge in [-0.05, 0) is 18.4 Å². The van der Waals surface area contributed by atoms with Crippen LogP contribution in [0.1, 0.15) is 30.1 Å². The molecule has 0 aliphatic rings. The maximum atomic E-state index is 11.7. The first-order valence-corrected chi connectivity index (χ1v) is 7.42. The molecule has 1 heterocycles. The summed E-state index contributed by atoms with van der Waals surface area (Å²) in [6.07, 6.45) is -1.67. The van der Waals surface area contributed by atoms with Gasteiger partial charge >= 0.3 is 12.1 Å². The Morgan fingerprint density at radius 3 is 2.35 bits per heavy atom. The Balaban J connectivity index is 0.000000758. The fraction of sp³-hybridized carbons (Fsp3) is 0.467. The number of alkyl halides is 3. The van der Waals surface area contributed by atoms with Crippen LogP contribution in [0.15, 0.2) is 30.8 Å². The van der Waals surface area contributed by atoms with Crippen molar-refractivity contribution >= 4 is 11.9 Å². The molecule has 0 radical (unpaired) electrons. The lowest BCUT2D eigenvalue weighted by Crippen LogP contribution is -2.39. The van der Waals surface area contributed by atoms with Crippen LogP contribution in [-0.2, 0) is 11.3 Å². The van der Waals surface area contributed by atoms with Gasteiger partial charge in [0.2, 0.25) is 0 Å². The fourth-order valence-electron chi connectivity index (χ4n) is 1.36. The smallest absolute Gasteiger partial charge is 0.448 e. The number of nitrogens with zero attached hydrogens (tertiary/aromatic N) is 2. The quantitative estimate of drug-likeness (QED) is 0.413. The standard InChI is InChI=1S/C12H17N3O4.C3H3F3O/c1-9(16)2-5-13-12(19)10-3-6-15(14-8-10)7-4-11(17)18;1-2(7)3(4,5)6/h3,6,8-9,16H,2,4-5,7H2,1H3,(H-,13,17,18,19);7H,1H2/p+1. The van der Waals surface area contributed by atoms with Gasteiger partial charge in [0.1, 0.15) is 12.6 Å². The zero-order chi connectivity index (χ0) is 20.3. The summed E-state index contributed by atoms with van der Waals surface area (Å²) in [4.78, 5) is 22.1. The Morgan fingerprint density at radius 2 is 1.96 bits per heavy atom. The number of halogens is 3. The molecule has 26 heavy (non-hydrogen) atoms. The van der Waals surface area contributed by atoms with Gasteiger partial charge in [0.05, 0.1) is 11.7 Å². The van der Waals surface area contributed by atoms with Gasteiger partial charge in [-0.3, -0.25) is 9.59 Å². The number of allylic oxidation sites excluding steroid dienone is 1. The van der Waals surface area contributed by atoms with E-state index in [1.807, 2.05) is 0 Å². The van der Waals surface area contributed by atoms with Crippen molar-refractivity contribution in [2.45, 2.75) is 38.6 Å². The van der Waals surface area contributed by atoms with E-state index in [0.29, 0.717) is 18.5 Å². The molecular weight excluding hydrogens is 359 g/mol. The molecule has 1 amide bonds. The van der Waals surface area contributed by atoms with E-state index < -0.39 is 24.0 Å². The molecule has 0 aliphatic carbocycles. The van der Waals surface area contributed by atoms with Crippen molar-refractivity contribution in [2.75, 3.05) is 6.54 Å². The predicted molar refractivity (Wildman–Crippen MR) is 83.1 cm³/mol. The molecule has 1 aromatic rings. The topological polar surface area (TPSA) is 124 Å². The van der Waals surface area contributed by atoms with E-state index in [1.165, 1.54) is 10.9 Å². The molecule has 4 N–H and O–H groups in total. The number of aliphatic carboxylic acids is 1. The average Bonchev–Trinajstić information content (AvgIpc) is 2.52. The van der Waals surface area contributed by atoms with Gasteiger partial charge in [0.25, 0.3) is 5.91 Å².